The van der Waals surface area contributed by atoms with Crippen molar-refractivity contribution in [1.82, 2.24) is 9.78 Å². The minimum Gasteiger partial charge on any atom is -0.478 e. The third kappa shape index (κ3) is 2.72. The van der Waals surface area contributed by atoms with E-state index in [0.29, 0.717) is 0 Å². The Hall–Kier alpha value is -1.50. The fourth-order valence-electron chi connectivity index (χ4n) is 1.06. The van der Waals surface area contributed by atoms with E-state index in [1.54, 1.807) is 0 Å². The van der Waals surface area contributed by atoms with E-state index in [0.717, 1.165) is 10.9 Å². The van der Waals surface area contributed by atoms with Crippen molar-refractivity contribution in [3.63, 3.8) is 0 Å². The summed E-state index contributed by atoms with van der Waals surface area (Å²) in [5.41, 5.74) is -1.18. The quantitative estimate of drug-likeness (QED) is 0.808. The largest absolute Gasteiger partial charge is 0.478 e. The summed E-state index contributed by atoms with van der Waals surface area (Å²) in [4.78, 5) is 10.6. The highest BCUT2D eigenvalue weighted by molar-refractivity contribution is 5.88. The van der Waals surface area contributed by atoms with Gasteiger partial charge in [-0.25, -0.2) is 13.6 Å². The van der Waals surface area contributed by atoms with Gasteiger partial charge < -0.3 is 9.84 Å². The van der Waals surface area contributed by atoms with Crippen LogP contribution in [0, 0.1) is 0 Å². The second-order valence-electron chi connectivity index (χ2n) is 2.79. The van der Waals surface area contributed by atoms with Crippen LogP contribution < -0.4 is 0 Å². The number of halogens is 2. The lowest BCUT2D eigenvalue weighted by atomic mass is 10.2. The van der Waals surface area contributed by atoms with Crippen LogP contribution >= 0.6 is 0 Å². The summed E-state index contributed by atoms with van der Waals surface area (Å²) in [7, 11) is 1.45. The summed E-state index contributed by atoms with van der Waals surface area (Å²) in [5.74, 6) is -1.41. The van der Waals surface area contributed by atoms with Gasteiger partial charge in [0.05, 0.1) is 13.2 Å². The van der Waals surface area contributed by atoms with Crippen LogP contribution in [0.2, 0.25) is 0 Å². The zero-order valence-electron chi connectivity index (χ0n) is 7.98. The van der Waals surface area contributed by atoms with Crippen molar-refractivity contribution < 1.29 is 23.4 Å². The monoisotopic (exact) mass is 220 g/mol. The average molecular weight is 220 g/mol. The molecule has 0 atom stereocenters. The lowest BCUT2D eigenvalue weighted by molar-refractivity contribution is 0.0684. The molecule has 1 rings (SSSR count). The first kappa shape index (κ1) is 11.6. The van der Waals surface area contributed by atoms with Crippen molar-refractivity contribution in [2.24, 2.45) is 0 Å². The van der Waals surface area contributed by atoms with Crippen molar-refractivity contribution in [1.29, 1.82) is 0 Å². The second-order valence-corrected chi connectivity index (χ2v) is 2.79. The van der Waals surface area contributed by atoms with Gasteiger partial charge in [0.25, 0.3) is 6.43 Å². The highest BCUT2D eigenvalue weighted by Crippen LogP contribution is 2.20. The van der Waals surface area contributed by atoms with E-state index < -0.39 is 23.7 Å². The SMILES string of the molecule is COCCn1cc(C(=O)O)c(C(F)F)n1. The minimum atomic E-state index is -2.89. The van der Waals surface area contributed by atoms with E-state index >= 15 is 0 Å². The lowest BCUT2D eigenvalue weighted by Crippen LogP contribution is -2.05. The first-order chi connectivity index (χ1) is 7.06. The van der Waals surface area contributed by atoms with Gasteiger partial charge in [0.1, 0.15) is 11.3 Å². The fourth-order valence-corrected chi connectivity index (χ4v) is 1.06. The van der Waals surface area contributed by atoms with Gasteiger partial charge in [0, 0.05) is 13.3 Å². The number of aromatic carboxylic acids is 1. The molecule has 15 heavy (non-hydrogen) atoms. The van der Waals surface area contributed by atoms with Crippen molar-refractivity contribution in [2.45, 2.75) is 13.0 Å². The topological polar surface area (TPSA) is 64.3 Å². The Morgan fingerprint density at radius 3 is 2.80 bits per heavy atom. The zero-order chi connectivity index (χ0) is 11.4. The van der Waals surface area contributed by atoms with E-state index in [1.807, 2.05) is 0 Å². The molecule has 0 spiro atoms. The Morgan fingerprint density at radius 2 is 2.40 bits per heavy atom. The molecule has 0 unspecified atom stereocenters. The molecule has 7 heteroatoms. The standard InChI is InChI=1S/C8H10F2N2O3/c1-15-3-2-12-4-5(8(13)14)6(11-12)7(9)10/h4,7H,2-3H2,1H3,(H,13,14). The van der Waals surface area contributed by atoms with Gasteiger partial charge in [0.15, 0.2) is 0 Å². The highest BCUT2D eigenvalue weighted by atomic mass is 19.3. The molecular formula is C8H10F2N2O3. The van der Waals surface area contributed by atoms with Crippen LogP contribution in [-0.4, -0.2) is 34.6 Å². The maximum atomic E-state index is 12.4. The van der Waals surface area contributed by atoms with Crippen LogP contribution in [0.25, 0.3) is 0 Å². The number of hydrogen-bond donors (Lipinski definition) is 1. The maximum Gasteiger partial charge on any atom is 0.339 e. The van der Waals surface area contributed by atoms with Gasteiger partial charge in [-0.1, -0.05) is 0 Å². The number of carbonyl (C=O) groups is 1. The molecule has 0 aromatic carbocycles. The molecule has 84 valence electrons. The summed E-state index contributed by atoms with van der Waals surface area (Å²) in [5, 5.41) is 12.1. The van der Waals surface area contributed by atoms with Crippen molar-refractivity contribution in [3.8, 4) is 0 Å². The first-order valence-corrected chi connectivity index (χ1v) is 4.14. The van der Waals surface area contributed by atoms with Gasteiger partial charge in [0.2, 0.25) is 0 Å². The van der Waals surface area contributed by atoms with E-state index in [9.17, 15) is 13.6 Å². The molecule has 5 nitrogen and oxygen atoms in total. The third-order valence-electron chi connectivity index (χ3n) is 1.75. The molecule has 1 heterocycles. The molecule has 0 radical (unpaired) electrons. The molecule has 0 aliphatic heterocycles. The number of nitrogens with zero attached hydrogens (tertiary/aromatic N) is 2. The summed E-state index contributed by atoms with van der Waals surface area (Å²) < 4.78 is 30.6. The van der Waals surface area contributed by atoms with Crippen molar-refractivity contribution >= 4 is 5.97 Å². The molecule has 0 saturated heterocycles. The normalized spacial score (nSPS) is 10.9. The van der Waals surface area contributed by atoms with Crippen LogP contribution in [-0.2, 0) is 11.3 Å². The Bertz CT molecular complexity index is 352. The smallest absolute Gasteiger partial charge is 0.339 e. The zero-order valence-corrected chi connectivity index (χ0v) is 7.98. The van der Waals surface area contributed by atoms with Crippen LogP contribution in [0.1, 0.15) is 22.5 Å². The predicted molar refractivity (Wildman–Crippen MR) is 46.0 cm³/mol. The second kappa shape index (κ2) is 4.83. The molecule has 0 amide bonds. The summed E-state index contributed by atoms with van der Waals surface area (Å²) in [6, 6.07) is 0. The summed E-state index contributed by atoms with van der Waals surface area (Å²) in [6.45, 7) is 0.521. The number of methoxy groups -OCH3 is 1. The Morgan fingerprint density at radius 1 is 1.73 bits per heavy atom. The van der Waals surface area contributed by atoms with Crippen LogP contribution in [0.4, 0.5) is 8.78 Å². The maximum absolute atomic E-state index is 12.4. The molecule has 0 aliphatic carbocycles. The molecule has 0 saturated carbocycles. The number of carboxylic acid groups (broad SMARTS) is 1. The Kier molecular flexibility index (Phi) is 3.73. The van der Waals surface area contributed by atoms with E-state index in [2.05, 4.69) is 5.10 Å². The number of carboxylic acids is 1. The number of alkyl halides is 2. The molecule has 1 aromatic rings. The van der Waals surface area contributed by atoms with Crippen LogP contribution in [0.15, 0.2) is 6.20 Å². The number of ether oxygens (including phenoxy) is 1. The number of aromatic nitrogens is 2. The Balaban J connectivity index is 2.93. The Labute approximate surface area is 84.3 Å². The van der Waals surface area contributed by atoms with Gasteiger partial charge in [-0.05, 0) is 0 Å². The van der Waals surface area contributed by atoms with Gasteiger partial charge >= 0.3 is 5.97 Å². The molecule has 0 bridgehead atoms. The first-order valence-electron chi connectivity index (χ1n) is 4.14. The minimum absolute atomic E-state index is 0.240. The molecule has 0 fully saturated rings. The third-order valence-corrected chi connectivity index (χ3v) is 1.75. The molecule has 1 aromatic heterocycles. The lowest BCUT2D eigenvalue weighted by Gasteiger charge is -1.98. The van der Waals surface area contributed by atoms with E-state index in [1.165, 1.54) is 7.11 Å². The average Bonchev–Trinajstić information content (AvgIpc) is 2.58. The number of hydrogen-bond acceptors (Lipinski definition) is 3. The number of rotatable bonds is 5. The molecule has 1 N–H and O–H groups in total. The van der Waals surface area contributed by atoms with Crippen molar-refractivity contribution in [2.75, 3.05) is 13.7 Å². The van der Waals surface area contributed by atoms with Gasteiger partial charge in [-0.15, -0.1) is 0 Å². The predicted octanol–water partition coefficient (Wildman–Crippen LogP) is 1.17. The van der Waals surface area contributed by atoms with Crippen LogP contribution in [0.5, 0.6) is 0 Å². The van der Waals surface area contributed by atoms with Gasteiger partial charge in [-0.3, -0.25) is 4.68 Å². The molecule has 0 aliphatic rings. The van der Waals surface area contributed by atoms with Gasteiger partial charge in [-0.2, -0.15) is 5.10 Å². The molecular weight excluding hydrogens is 210 g/mol. The summed E-state index contributed by atoms with van der Waals surface area (Å²) >= 11 is 0. The van der Waals surface area contributed by atoms with Crippen LogP contribution in [0.3, 0.4) is 0 Å². The summed E-state index contributed by atoms with van der Waals surface area (Å²) in [6.07, 6.45) is -1.82. The highest BCUT2D eigenvalue weighted by Gasteiger charge is 2.22. The fraction of sp³-hybridized carbons (Fsp3) is 0.500. The van der Waals surface area contributed by atoms with E-state index in [-0.39, 0.29) is 13.2 Å². The van der Waals surface area contributed by atoms with E-state index in [4.69, 9.17) is 9.84 Å². The van der Waals surface area contributed by atoms with Crippen molar-refractivity contribution in [3.05, 3.63) is 17.5 Å².